The molecular weight excluding hydrogens is 263 g/mol. The first kappa shape index (κ1) is 14.9. The Morgan fingerprint density at radius 1 is 1.40 bits per heavy atom. The fourth-order valence-electron chi connectivity index (χ4n) is 2.45. The van der Waals surface area contributed by atoms with Gasteiger partial charge in [0.1, 0.15) is 23.5 Å². The molecule has 1 saturated carbocycles. The number of halogens is 1. The molecule has 0 bridgehead atoms. The van der Waals surface area contributed by atoms with E-state index < -0.39 is 11.9 Å². The van der Waals surface area contributed by atoms with Crippen LogP contribution in [-0.4, -0.2) is 30.7 Å². The van der Waals surface area contributed by atoms with Gasteiger partial charge in [0, 0.05) is 18.4 Å². The van der Waals surface area contributed by atoms with Gasteiger partial charge in [0.05, 0.1) is 19.8 Å². The number of aliphatic hydroxyl groups is 1. The van der Waals surface area contributed by atoms with Crippen LogP contribution in [0.5, 0.6) is 5.75 Å². The van der Waals surface area contributed by atoms with Gasteiger partial charge in [-0.05, 0) is 31.0 Å². The molecule has 1 aliphatic carbocycles. The normalized spacial score (nSPS) is 18.1. The van der Waals surface area contributed by atoms with Gasteiger partial charge >= 0.3 is 0 Å². The number of aliphatic hydroxyl groups excluding tert-OH is 1. The average Bonchev–Trinajstić information content (AvgIpc) is 2.46. The van der Waals surface area contributed by atoms with Crippen LogP contribution in [0.3, 0.4) is 0 Å². The topological polar surface area (TPSA) is 55.8 Å². The molecule has 4 nitrogen and oxygen atoms in total. The van der Waals surface area contributed by atoms with Gasteiger partial charge < -0.3 is 14.6 Å². The molecule has 1 atom stereocenters. The van der Waals surface area contributed by atoms with E-state index in [9.17, 15) is 14.3 Å². The zero-order valence-corrected chi connectivity index (χ0v) is 11.5. The Kier molecular flexibility index (Phi) is 5.09. The van der Waals surface area contributed by atoms with Crippen LogP contribution >= 0.6 is 0 Å². The molecule has 1 aliphatic rings. The minimum absolute atomic E-state index is 0.0853. The summed E-state index contributed by atoms with van der Waals surface area (Å²) in [7, 11) is 1.49. The van der Waals surface area contributed by atoms with Crippen molar-refractivity contribution < 1.29 is 23.8 Å². The fraction of sp³-hybridized carbons (Fsp3) is 0.533. The molecule has 1 aromatic carbocycles. The lowest BCUT2D eigenvalue weighted by Gasteiger charge is -2.27. The smallest absolute Gasteiger partial charge is 0.133 e. The molecule has 5 heteroatoms. The van der Waals surface area contributed by atoms with Crippen LogP contribution in [-0.2, 0) is 9.53 Å². The van der Waals surface area contributed by atoms with Gasteiger partial charge in [0.25, 0.3) is 0 Å². The molecular formula is C15H19FO4. The van der Waals surface area contributed by atoms with Crippen molar-refractivity contribution in [3.8, 4) is 5.75 Å². The van der Waals surface area contributed by atoms with E-state index in [-0.39, 0.29) is 18.5 Å². The highest BCUT2D eigenvalue weighted by Crippen LogP contribution is 2.31. The largest absolute Gasteiger partial charge is 0.496 e. The molecule has 2 rings (SSSR count). The Balaban J connectivity index is 2.11. The van der Waals surface area contributed by atoms with E-state index >= 15 is 0 Å². The van der Waals surface area contributed by atoms with Gasteiger partial charge in [-0.1, -0.05) is 0 Å². The Hall–Kier alpha value is -1.46. The Morgan fingerprint density at radius 2 is 2.10 bits per heavy atom. The number of methoxy groups -OCH3 is 1. The van der Waals surface area contributed by atoms with Gasteiger partial charge in [0.2, 0.25) is 0 Å². The highest BCUT2D eigenvalue weighted by atomic mass is 19.1. The second kappa shape index (κ2) is 6.81. The average molecular weight is 282 g/mol. The van der Waals surface area contributed by atoms with Gasteiger partial charge in [-0.15, -0.1) is 0 Å². The number of rotatable bonds is 5. The van der Waals surface area contributed by atoms with Gasteiger partial charge in [-0.25, -0.2) is 4.39 Å². The summed E-state index contributed by atoms with van der Waals surface area (Å²) in [4.78, 5) is 11.2. The minimum Gasteiger partial charge on any atom is -0.496 e. The van der Waals surface area contributed by atoms with Crippen LogP contribution in [0, 0.1) is 5.82 Å². The Bertz CT molecular complexity index is 465. The Labute approximate surface area is 117 Å². The summed E-state index contributed by atoms with van der Waals surface area (Å²) in [5.74, 6) is 0.327. The third kappa shape index (κ3) is 3.55. The summed E-state index contributed by atoms with van der Waals surface area (Å²) in [6.07, 6.45) is 1.57. The van der Waals surface area contributed by atoms with E-state index in [1.807, 2.05) is 0 Å². The highest BCUT2D eigenvalue weighted by molar-refractivity contribution is 5.79. The van der Waals surface area contributed by atoms with Crippen molar-refractivity contribution in [2.75, 3.05) is 13.7 Å². The third-order valence-corrected chi connectivity index (χ3v) is 3.55. The molecule has 1 fully saturated rings. The van der Waals surface area contributed by atoms with Crippen molar-refractivity contribution in [3.63, 3.8) is 0 Å². The van der Waals surface area contributed by atoms with E-state index in [0.717, 1.165) is 0 Å². The molecule has 0 heterocycles. The van der Waals surface area contributed by atoms with E-state index in [1.165, 1.54) is 25.3 Å². The van der Waals surface area contributed by atoms with Crippen molar-refractivity contribution in [2.24, 2.45) is 0 Å². The standard InChI is InChI=1S/C15H19FO4/c1-19-14-7-2-10(16)8-13(14)15(9-17)20-12-5-3-11(18)4-6-12/h2,7-8,12,15,17H,3-6,9H2,1H3. The van der Waals surface area contributed by atoms with Crippen molar-refractivity contribution in [1.82, 2.24) is 0 Å². The third-order valence-electron chi connectivity index (χ3n) is 3.55. The molecule has 0 aliphatic heterocycles. The number of ether oxygens (including phenoxy) is 2. The minimum atomic E-state index is -0.640. The Morgan fingerprint density at radius 3 is 2.70 bits per heavy atom. The van der Waals surface area contributed by atoms with Crippen molar-refractivity contribution in [2.45, 2.75) is 37.9 Å². The molecule has 0 spiro atoms. The van der Waals surface area contributed by atoms with Gasteiger partial charge in [-0.2, -0.15) is 0 Å². The maximum absolute atomic E-state index is 13.4. The lowest BCUT2D eigenvalue weighted by atomic mass is 9.96. The SMILES string of the molecule is COc1ccc(F)cc1C(CO)OC1CCC(=O)CC1. The zero-order chi connectivity index (χ0) is 14.5. The van der Waals surface area contributed by atoms with E-state index in [1.54, 1.807) is 0 Å². The quantitative estimate of drug-likeness (QED) is 0.901. The predicted octanol–water partition coefficient (Wildman–Crippen LogP) is 2.40. The molecule has 1 N–H and O–H groups in total. The van der Waals surface area contributed by atoms with E-state index in [0.29, 0.717) is 37.0 Å². The monoisotopic (exact) mass is 282 g/mol. The molecule has 0 amide bonds. The molecule has 1 aromatic rings. The van der Waals surface area contributed by atoms with Crippen LogP contribution < -0.4 is 4.74 Å². The maximum Gasteiger partial charge on any atom is 0.133 e. The number of carbonyl (C=O) groups excluding carboxylic acids is 1. The number of ketones is 1. The summed E-state index contributed by atoms with van der Waals surface area (Å²) >= 11 is 0. The number of Topliss-reactive ketones (excluding diaryl/α,β-unsaturated/α-hetero) is 1. The number of hydrogen-bond donors (Lipinski definition) is 1. The molecule has 0 saturated heterocycles. The second-order valence-corrected chi connectivity index (χ2v) is 4.93. The van der Waals surface area contributed by atoms with Crippen LogP contribution in [0.15, 0.2) is 18.2 Å². The molecule has 1 unspecified atom stereocenters. The van der Waals surface area contributed by atoms with Gasteiger partial charge in [0.15, 0.2) is 0 Å². The van der Waals surface area contributed by atoms with E-state index in [2.05, 4.69) is 0 Å². The van der Waals surface area contributed by atoms with Crippen molar-refractivity contribution in [1.29, 1.82) is 0 Å². The first-order chi connectivity index (χ1) is 9.63. The zero-order valence-electron chi connectivity index (χ0n) is 11.5. The van der Waals surface area contributed by atoms with Crippen LogP contribution in [0.1, 0.15) is 37.4 Å². The van der Waals surface area contributed by atoms with Crippen LogP contribution in [0.2, 0.25) is 0 Å². The first-order valence-electron chi connectivity index (χ1n) is 6.75. The number of carbonyl (C=O) groups is 1. The predicted molar refractivity (Wildman–Crippen MR) is 71.1 cm³/mol. The van der Waals surface area contributed by atoms with Crippen molar-refractivity contribution in [3.05, 3.63) is 29.6 Å². The fourth-order valence-corrected chi connectivity index (χ4v) is 2.45. The van der Waals surface area contributed by atoms with Crippen molar-refractivity contribution >= 4 is 5.78 Å². The second-order valence-electron chi connectivity index (χ2n) is 4.93. The summed E-state index contributed by atoms with van der Waals surface area (Å²) in [6, 6.07) is 4.13. The van der Waals surface area contributed by atoms with E-state index in [4.69, 9.17) is 9.47 Å². The molecule has 20 heavy (non-hydrogen) atoms. The summed E-state index contributed by atoms with van der Waals surface area (Å²) < 4.78 is 24.4. The summed E-state index contributed by atoms with van der Waals surface area (Å²) in [5, 5.41) is 9.50. The summed E-state index contributed by atoms with van der Waals surface area (Å²) in [6.45, 7) is -0.260. The maximum atomic E-state index is 13.4. The highest BCUT2D eigenvalue weighted by Gasteiger charge is 2.25. The number of benzene rings is 1. The molecule has 110 valence electrons. The van der Waals surface area contributed by atoms with Crippen LogP contribution in [0.4, 0.5) is 4.39 Å². The van der Waals surface area contributed by atoms with Crippen LogP contribution in [0.25, 0.3) is 0 Å². The number of hydrogen-bond acceptors (Lipinski definition) is 4. The molecule has 0 aromatic heterocycles. The molecule has 0 radical (unpaired) electrons. The lowest BCUT2D eigenvalue weighted by molar-refractivity contribution is -0.125. The summed E-state index contributed by atoms with van der Waals surface area (Å²) in [5.41, 5.74) is 0.492. The van der Waals surface area contributed by atoms with Gasteiger partial charge in [-0.3, -0.25) is 4.79 Å². The lowest BCUT2D eigenvalue weighted by Crippen LogP contribution is -2.25. The first-order valence-corrected chi connectivity index (χ1v) is 6.75.